The molecule has 0 aliphatic rings. The maximum atomic E-state index is 5.76. The van der Waals surface area contributed by atoms with Gasteiger partial charge < -0.3 is 17.2 Å². The van der Waals surface area contributed by atoms with Crippen molar-refractivity contribution in [2.75, 3.05) is 17.2 Å². The molecule has 0 bridgehead atoms. The van der Waals surface area contributed by atoms with Crippen molar-refractivity contribution in [1.29, 1.82) is 0 Å². The van der Waals surface area contributed by atoms with Gasteiger partial charge in [0.15, 0.2) is 0 Å². The Hall–Kier alpha value is -2.04. The van der Waals surface area contributed by atoms with E-state index >= 15 is 0 Å². The molecule has 72 valence electrons. The SMILES string of the molecule is Cc1ccc(N)c2nc(N)nc(N)c12. The van der Waals surface area contributed by atoms with Crippen LogP contribution >= 0.6 is 0 Å². The maximum Gasteiger partial charge on any atom is 0.222 e. The summed E-state index contributed by atoms with van der Waals surface area (Å²) in [6.07, 6.45) is 0. The standard InChI is InChI=1S/C9H11N5/c1-4-2-3-5(10)7-6(4)8(11)14-9(12)13-7/h2-3H,10H2,1H3,(H4,11,12,13,14). The molecule has 5 heteroatoms. The normalized spacial score (nSPS) is 10.6. The van der Waals surface area contributed by atoms with Crippen LogP contribution in [0.4, 0.5) is 17.5 Å². The van der Waals surface area contributed by atoms with Crippen molar-refractivity contribution in [3.63, 3.8) is 0 Å². The van der Waals surface area contributed by atoms with Gasteiger partial charge in [-0.3, -0.25) is 0 Å². The van der Waals surface area contributed by atoms with Crippen molar-refractivity contribution in [3.8, 4) is 0 Å². The van der Waals surface area contributed by atoms with Gasteiger partial charge in [-0.2, -0.15) is 4.98 Å². The van der Waals surface area contributed by atoms with E-state index in [0.717, 1.165) is 10.9 Å². The Bertz CT molecular complexity index is 506. The van der Waals surface area contributed by atoms with Crippen molar-refractivity contribution in [1.82, 2.24) is 9.97 Å². The molecular formula is C9H11N5. The fourth-order valence-corrected chi connectivity index (χ4v) is 1.47. The van der Waals surface area contributed by atoms with Crippen LogP contribution in [0.3, 0.4) is 0 Å². The highest BCUT2D eigenvalue weighted by atomic mass is 15.0. The smallest absolute Gasteiger partial charge is 0.222 e. The highest BCUT2D eigenvalue weighted by Crippen LogP contribution is 2.26. The Morgan fingerprint density at radius 2 is 1.79 bits per heavy atom. The third-order valence-corrected chi connectivity index (χ3v) is 2.13. The Morgan fingerprint density at radius 3 is 2.50 bits per heavy atom. The summed E-state index contributed by atoms with van der Waals surface area (Å²) in [5, 5.41) is 0.777. The molecule has 5 nitrogen and oxygen atoms in total. The van der Waals surface area contributed by atoms with Crippen LogP contribution in [0.15, 0.2) is 12.1 Å². The molecule has 1 aromatic carbocycles. The second-order valence-electron chi connectivity index (χ2n) is 3.16. The molecule has 0 aliphatic carbocycles. The molecule has 0 unspecified atom stereocenters. The van der Waals surface area contributed by atoms with E-state index in [1.54, 1.807) is 6.07 Å². The van der Waals surface area contributed by atoms with Gasteiger partial charge in [0.2, 0.25) is 5.95 Å². The Labute approximate surface area is 80.9 Å². The highest BCUT2D eigenvalue weighted by Gasteiger charge is 2.08. The number of aryl methyl sites for hydroxylation is 1. The Balaban J connectivity index is 3.00. The molecule has 0 atom stereocenters. The molecule has 1 heterocycles. The zero-order chi connectivity index (χ0) is 10.3. The van der Waals surface area contributed by atoms with Crippen molar-refractivity contribution in [2.24, 2.45) is 0 Å². The third kappa shape index (κ3) is 1.10. The highest BCUT2D eigenvalue weighted by molar-refractivity contribution is 5.98. The van der Waals surface area contributed by atoms with Gasteiger partial charge >= 0.3 is 0 Å². The molecule has 0 saturated carbocycles. The molecule has 6 N–H and O–H groups in total. The van der Waals surface area contributed by atoms with Crippen LogP contribution in [0, 0.1) is 6.92 Å². The van der Waals surface area contributed by atoms with E-state index in [1.165, 1.54) is 0 Å². The minimum absolute atomic E-state index is 0.146. The molecule has 0 amide bonds. The second kappa shape index (κ2) is 2.73. The molecule has 1 aromatic heterocycles. The summed E-state index contributed by atoms with van der Waals surface area (Å²) in [4.78, 5) is 7.95. The maximum absolute atomic E-state index is 5.76. The van der Waals surface area contributed by atoms with Crippen LogP contribution in [0.2, 0.25) is 0 Å². The lowest BCUT2D eigenvalue weighted by Crippen LogP contribution is -2.03. The van der Waals surface area contributed by atoms with Gasteiger partial charge in [-0.25, -0.2) is 4.98 Å². The number of hydrogen-bond donors (Lipinski definition) is 3. The van der Waals surface area contributed by atoms with Crippen molar-refractivity contribution in [3.05, 3.63) is 17.7 Å². The van der Waals surface area contributed by atoms with E-state index in [9.17, 15) is 0 Å². The minimum atomic E-state index is 0.146. The van der Waals surface area contributed by atoms with E-state index in [1.807, 2.05) is 13.0 Å². The predicted molar refractivity (Wildman–Crippen MR) is 57.5 cm³/mol. The van der Waals surface area contributed by atoms with Gasteiger partial charge in [0.05, 0.1) is 5.69 Å². The zero-order valence-electron chi connectivity index (χ0n) is 7.78. The first-order valence-corrected chi connectivity index (χ1v) is 4.17. The summed E-state index contributed by atoms with van der Waals surface area (Å²) in [6, 6.07) is 3.66. The summed E-state index contributed by atoms with van der Waals surface area (Å²) in [6.45, 7) is 1.93. The Morgan fingerprint density at radius 1 is 1.07 bits per heavy atom. The zero-order valence-corrected chi connectivity index (χ0v) is 7.78. The average molecular weight is 189 g/mol. The first-order chi connectivity index (χ1) is 6.59. The molecule has 0 saturated heterocycles. The lowest BCUT2D eigenvalue weighted by molar-refractivity contribution is 1.24. The number of hydrogen-bond acceptors (Lipinski definition) is 5. The molecule has 0 spiro atoms. The van der Waals surface area contributed by atoms with Crippen LogP contribution in [-0.2, 0) is 0 Å². The quantitative estimate of drug-likeness (QED) is 0.529. The van der Waals surface area contributed by atoms with Crippen LogP contribution in [0.1, 0.15) is 5.56 Å². The number of fused-ring (bicyclic) bond motifs is 1. The number of anilines is 3. The topological polar surface area (TPSA) is 104 Å². The first kappa shape index (κ1) is 8.55. The van der Waals surface area contributed by atoms with Gasteiger partial charge in [0.25, 0.3) is 0 Å². The largest absolute Gasteiger partial charge is 0.397 e. The van der Waals surface area contributed by atoms with Crippen molar-refractivity contribution >= 4 is 28.4 Å². The monoisotopic (exact) mass is 189 g/mol. The van der Waals surface area contributed by atoms with E-state index in [2.05, 4.69) is 9.97 Å². The van der Waals surface area contributed by atoms with Gasteiger partial charge in [-0.1, -0.05) is 6.07 Å². The van der Waals surface area contributed by atoms with Crippen LogP contribution in [-0.4, -0.2) is 9.97 Å². The molecule has 14 heavy (non-hydrogen) atoms. The van der Waals surface area contributed by atoms with E-state index in [0.29, 0.717) is 17.0 Å². The summed E-state index contributed by atoms with van der Waals surface area (Å²) >= 11 is 0. The molecule has 2 rings (SSSR count). The minimum Gasteiger partial charge on any atom is -0.397 e. The van der Waals surface area contributed by atoms with Crippen molar-refractivity contribution in [2.45, 2.75) is 6.92 Å². The third-order valence-electron chi connectivity index (χ3n) is 2.13. The summed E-state index contributed by atoms with van der Waals surface area (Å²) in [5.41, 5.74) is 19.2. The van der Waals surface area contributed by atoms with Gasteiger partial charge in [-0.05, 0) is 18.6 Å². The summed E-state index contributed by atoms with van der Waals surface area (Å²) < 4.78 is 0. The lowest BCUT2D eigenvalue weighted by Gasteiger charge is -2.07. The first-order valence-electron chi connectivity index (χ1n) is 4.17. The molecule has 0 radical (unpaired) electrons. The van der Waals surface area contributed by atoms with E-state index < -0.39 is 0 Å². The van der Waals surface area contributed by atoms with Gasteiger partial charge in [0.1, 0.15) is 11.3 Å². The molecule has 2 aromatic rings. The summed E-state index contributed by atoms with van der Waals surface area (Å²) in [7, 11) is 0. The van der Waals surface area contributed by atoms with Gasteiger partial charge in [-0.15, -0.1) is 0 Å². The number of nitrogens with zero attached hydrogens (tertiary/aromatic N) is 2. The number of aromatic nitrogens is 2. The van der Waals surface area contributed by atoms with E-state index in [-0.39, 0.29) is 5.95 Å². The number of benzene rings is 1. The van der Waals surface area contributed by atoms with Crippen molar-refractivity contribution < 1.29 is 0 Å². The van der Waals surface area contributed by atoms with Crippen LogP contribution < -0.4 is 17.2 Å². The van der Waals surface area contributed by atoms with Gasteiger partial charge in [0, 0.05) is 5.39 Å². The molecular weight excluding hydrogens is 178 g/mol. The van der Waals surface area contributed by atoms with Crippen LogP contribution in [0.25, 0.3) is 10.9 Å². The average Bonchev–Trinajstić information content (AvgIpc) is 2.10. The number of nitrogen functional groups attached to an aromatic ring is 3. The fraction of sp³-hybridized carbons (Fsp3) is 0.111. The number of nitrogens with two attached hydrogens (primary N) is 3. The fourth-order valence-electron chi connectivity index (χ4n) is 1.47. The molecule has 0 fully saturated rings. The second-order valence-corrected chi connectivity index (χ2v) is 3.16. The Kier molecular flexibility index (Phi) is 1.67. The lowest BCUT2D eigenvalue weighted by atomic mass is 10.1. The predicted octanol–water partition coefficient (Wildman–Crippen LogP) is 0.685. The number of rotatable bonds is 0. The summed E-state index contributed by atoms with van der Waals surface area (Å²) in [5.74, 6) is 0.518. The van der Waals surface area contributed by atoms with Crippen LogP contribution in [0.5, 0.6) is 0 Å². The molecule has 0 aliphatic heterocycles. The van der Waals surface area contributed by atoms with E-state index in [4.69, 9.17) is 17.2 Å².